The van der Waals surface area contributed by atoms with E-state index in [4.69, 9.17) is 16.7 Å². The van der Waals surface area contributed by atoms with Crippen molar-refractivity contribution in [1.82, 2.24) is 0 Å². The van der Waals surface area contributed by atoms with E-state index in [0.29, 0.717) is 16.3 Å². The van der Waals surface area contributed by atoms with E-state index in [-0.39, 0.29) is 30.8 Å². The van der Waals surface area contributed by atoms with Gasteiger partial charge in [-0.05, 0) is 18.2 Å². The zero-order valence-electron chi connectivity index (χ0n) is 10.3. The van der Waals surface area contributed by atoms with E-state index >= 15 is 0 Å². The summed E-state index contributed by atoms with van der Waals surface area (Å²) in [5.41, 5.74) is 0.877. The van der Waals surface area contributed by atoms with E-state index in [1.807, 2.05) is 0 Å². The summed E-state index contributed by atoms with van der Waals surface area (Å²) in [6.07, 6.45) is 0.193. The van der Waals surface area contributed by atoms with Crippen molar-refractivity contribution < 1.29 is 14.7 Å². The topological polar surface area (TPSA) is 57.6 Å². The van der Waals surface area contributed by atoms with Crippen molar-refractivity contribution in [3.05, 3.63) is 28.8 Å². The van der Waals surface area contributed by atoms with Gasteiger partial charge in [-0.25, -0.2) is 4.90 Å². The Bertz CT molecular complexity index is 600. The molecule has 1 aliphatic heterocycles. The molecule has 1 aromatic carbocycles. The van der Waals surface area contributed by atoms with Crippen LogP contribution in [0.3, 0.4) is 0 Å². The lowest BCUT2D eigenvalue weighted by Gasteiger charge is -2.16. The molecule has 2 amide bonds. The van der Waals surface area contributed by atoms with Crippen molar-refractivity contribution in [3.63, 3.8) is 0 Å². The molecule has 1 unspecified atom stereocenters. The minimum absolute atomic E-state index is 0.193. The molecule has 1 atom stereocenters. The Morgan fingerprint density at radius 3 is 2.79 bits per heavy atom. The third kappa shape index (κ3) is 2.62. The number of hydrogen-bond acceptors (Lipinski definition) is 3. The monoisotopic (exact) mass is 277 g/mol. The predicted molar refractivity (Wildman–Crippen MR) is 71.7 cm³/mol. The number of anilines is 1. The quantitative estimate of drug-likeness (QED) is 0.626. The summed E-state index contributed by atoms with van der Waals surface area (Å²) in [6.45, 7) is 1.42. The number of halogens is 1. The first-order valence-electron chi connectivity index (χ1n) is 5.80. The van der Waals surface area contributed by atoms with E-state index in [2.05, 4.69) is 11.8 Å². The molecule has 0 aromatic heterocycles. The van der Waals surface area contributed by atoms with Crippen LogP contribution in [0.15, 0.2) is 18.2 Å². The average molecular weight is 278 g/mol. The maximum Gasteiger partial charge on any atom is 0.237 e. The molecule has 1 heterocycles. The highest BCUT2D eigenvalue weighted by Gasteiger charge is 2.37. The van der Waals surface area contributed by atoms with Gasteiger partial charge in [0.05, 0.1) is 5.69 Å². The van der Waals surface area contributed by atoms with Gasteiger partial charge in [0.1, 0.15) is 6.61 Å². The highest BCUT2D eigenvalue weighted by molar-refractivity contribution is 6.31. The first kappa shape index (κ1) is 13.6. The molecule has 0 saturated carbocycles. The van der Waals surface area contributed by atoms with Crippen LogP contribution in [0.5, 0.6) is 0 Å². The number of rotatable bonds is 1. The predicted octanol–water partition coefficient (Wildman–Crippen LogP) is 1.58. The second-order valence-electron chi connectivity index (χ2n) is 4.29. The molecular formula is C14H12ClNO3. The fourth-order valence-corrected chi connectivity index (χ4v) is 2.13. The van der Waals surface area contributed by atoms with Gasteiger partial charge in [0.25, 0.3) is 0 Å². The van der Waals surface area contributed by atoms with Crippen LogP contribution in [0, 0.1) is 17.8 Å². The Labute approximate surface area is 116 Å². The molecule has 1 aromatic rings. The molecule has 0 bridgehead atoms. The molecule has 1 N–H and O–H groups in total. The molecule has 1 saturated heterocycles. The van der Waals surface area contributed by atoms with Crippen LogP contribution < -0.4 is 4.90 Å². The molecule has 0 spiro atoms. The normalized spacial score (nSPS) is 18.5. The van der Waals surface area contributed by atoms with Crippen LogP contribution >= 0.6 is 11.6 Å². The Kier molecular flexibility index (Phi) is 3.89. The molecule has 19 heavy (non-hydrogen) atoms. The van der Waals surface area contributed by atoms with Crippen molar-refractivity contribution in [1.29, 1.82) is 0 Å². The van der Waals surface area contributed by atoms with Gasteiger partial charge >= 0.3 is 0 Å². The number of benzene rings is 1. The Balaban J connectivity index is 2.51. The number of carbonyl (C=O) groups is 2. The number of imide groups is 1. The molecule has 4 nitrogen and oxygen atoms in total. The number of amides is 2. The number of carbonyl (C=O) groups excluding carboxylic acids is 2. The number of aliphatic hydroxyl groups is 1. The lowest BCUT2D eigenvalue weighted by Crippen LogP contribution is -2.30. The van der Waals surface area contributed by atoms with Gasteiger partial charge in [-0.15, -0.1) is 0 Å². The largest absolute Gasteiger partial charge is 0.384 e. The van der Waals surface area contributed by atoms with Gasteiger partial charge in [0.15, 0.2) is 0 Å². The zero-order chi connectivity index (χ0) is 14.0. The maximum atomic E-state index is 12.0. The smallest absolute Gasteiger partial charge is 0.237 e. The lowest BCUT2D eigenvalue weighted by molar-refractivity contribution is -0.122. The van der Waals surface area contributed by atoms with Crippen LogP contribution in [0.4, 0.5) is 5.69 Å². The summed E-state index contributed by atoms with van der Waals surface area (Å²) in [5.74, 6) is 4.38. The summed E-state index contributed by atoms with van der Waals surface area (Å²) in [6, 6.07) is 4.79. The summed E-state index contributed by atoms with van der Waals surface area (Å²) >= 11 is 5.91. The van der Waals surface area contributed by atoms with Crippen molar-refractivity contribution in [2.45, 2.75) is 13.3 Å². The Morgan fingerprint density at radius 1 is 1.47 bits per heavy atom. The van der Waals surface area contributed by atoms with E-state index in [1.54, 1.807) is 19.1 Å². The van der Waals surface area contributed by atoms with Crippen molar-refractivity contribution >= 4 is 29.1 Å². The van der Waals surface area contributed by atoms with E-state index < -0.39 is 0 Å². The zero-order valence-corrected chi connectivity index (χ0v) is 11.1. The van der Waals surface area contributed by atoms with Crippen molar-refractivity contribution in [3.8, 4) is 11.8 Å². The van der Waals surface area contributed by atoms with Crippen LogP contribution in [0.2, 0.25) is 5.02 Å². The van der Waals surface area contributed by atoms with E-state index in [9.17, 15) is 9.59 Å². The number of aliphatic hydroxyl groups excluding tert-OH is 1. The molecule has 0 radical (unpaired) electrons. The minimum Gasteiger partial charge on any atom is -0.384 e. The Morgan fingerprint density at radius 2 is 2.21 bits per heavy atom. The number of hydrogen-bond donors (Lipinski definition) is 1. The van der Waals surface area contributed by atoms with Gasteiger partial charge in [-0.2, -0.15) is 0 Å². The lowest BCUT2D eigenvalue weighted by atomic mass is 10.1. The SMILES string of the molecule is CC1CC(=O)N(c2cc(Cl)ccc2C#CCO)C1=O. The molecule has 1 aliphatic rings. The molecule has 1 fully saturated rings. The summed E-state index contributed by atoms with van der Waals surface area (Å²) in [5, 5.41) is 9.16. The van der Waals surface area contributed by atoms with Gasteiger partial charge < -0.3 is 5.11 Å². The molecule has 5 heteroatoms. The molecule has 2 rings (SSSR count). The van der Waals surface area contributed by atoms with E-state index in [1.165, 1.54) is 6.07 Å². The second-order valence-corrected chi connectivity index (χ2v) is 4.73. The summed E-state index contributed by atoms with van der Waals surface area (Å²) < 4.78 is 0. The fraction of sp³-hybridized carbons (Fsp3) is 0.286. The molecule has 0 aliphatic carbocycles. The summed E-state index contributed by atoms with van der Waals surface area (Å²) in [4.78, 5) is 25.0. The maximum absolute atomic E-state index is 12.0. The molecular weight excluding hydrogens is 266 g/mol. The minimum atomic E-state index is -0.329. The highest BCUT2D eigenvalue weighted by atomic mass is 35.5. The van der Waals surface area contributed by atoms with Crippen LogP contribution in [-0.4, -0.2) is 23.5 Å². The third-order valence-electron chi connectivity index (χ3n) is 2.87. The van der Waals surface area contributed by atoms with Gasteiger partial charge in [-0.1, -0.05) is 30.4 Å². The van der Waals surface area contributed by atoms with Crippen LogP contribution in [-0.2, 0) is 9.59 Å². The van der Waals surface area contributed by atoms with Crippen molar-refractivity contribution in [2.75, 3.05) is 11.5 Å². The van der Waals surface area contributed by atoms with Crippen LogP contribution in [0.1, 0.15) is 18.9 Å². The van der Waals surface area contributed by atoms with Gasteiger partial charge in [-0.3, -0.25) is 9.59 Å². The highest BCUT2D eigenvalue weighted by Crippen LogP contribution is 2.30. The van der Waals surface area contributed by atoms with Gasteiger partial charge in [0, 0.05) is 22.9 Å². The first-order valence-corrected chi connectivity index (χ1v) is 6.18. The van der Waals surface area contributed by atoms with Crippen molar-refractivity contribution in [2.24, 2.45) is 5.92 Å². The van der Waals surface area contributed by atoms with E-state index in [0.717, 1.165) is 4.90 Å². The summed E-state index contributed by atoms with van der Waals surface area (Å²) in [7, 11) is 0. The van der Waals surface area contributed by atoms with Crippen LogP contribution in [0.25, 0.3) is 0 Å². The first-order chi connectivity index (χ1) is 9.04. The number of nitrogens with zero attached hydrogens (tertiary/aromatic N) is 1. The fourth-order valence-electron chi connectivity index (χ4n) is 1.97. The Hall–Kier alpha value is -1.83. The molecule has 98 valence electrons. The standard InChI is InChI=1S/C14H12ClNO3/c1-9-7-13(18)16(14(9)19)12-8-11(15)5-4-10(12)3-2-6-17/h4-5,8-9,17H,6-7H2,1H3. The average Bonchev–Trinajstić information content (AvgIpc) is 2.62. The third-order valence-corrected chi connectivity index (χ3v) is 3.11. The van der Waals surface area contributed by atoms with Gasteiger partial charge in [0.2, 0.25) is 11.8 Å². The second kappa shape index (κ2) is 5.43.